The number of amides is 1. The third kappa shape index (κ3) is 5.79. The van der Waals surface area contributed by atoms with Gasteiger partial charge in [-0.05, 0) is 62.2 Å². The first-order chi connectivity index (χ1) is 13.9. The Morgan fingerprint density at radius 2 is 1.86 bits per heavy atom. The van der Waals surface area contributed by atoms with Gasteiger partial charge in [0.25, 0.3) is 15.9 Å². The second-order valence-electron chi connectivity index (χ2n) is 7.04. The van der Waals surface area contributed by atoms with E-state index in [1.54, 1.807) is 40.7 Å². The van der Waals surface area contributed by atoms with Crippen LogP contribution in [0.4, 0.5) is 0 Å². The van der Waals surface area contributed by atoms with Crippen molar-refractivity contribution in [3.05, 3.63) is 51.9 Å². The Labute approximate surface area is 181 Å². The predicted molar refractivity (Wildman–Crippen MR) is 117 cm³/mol. The van der Waals surface area contributed by atoms with E-state index in [2.05, 4.69) is 17.6 Å². The van der Waals surface area contributed by atoms with Gasteiger partial charge in [0.15, 0.2) is 0 Å². The molecular formula is C20H26ClN3O3S2. The second kappa shape index (κ2) is 10.0. The summed E-state index contributed by atoms with van der Waals surface area (Å²) >= 11 is 7.04. The lowest BCUT2D eigenvalue weighted by Gasteiger charge is -2.31. The highest BCUT2D eigenvalue weighted by Crippen LogP contribution is 2.27. The van der Waals surface area contributed by atoms with Crippen LogP contribution in [0.15, 0.2) is 40.6 Å². The molecule has 0 saturated carbocycles. The molecule has 29 heavy (non-hydrogen) atoms. The minimum atomic E-state index is -3.48. The van der Waals surface area contributed by atoms with Crippen molar-refractivity contribution >= 4 is 38.9 Å². The summed E-state index contributed by atoms with van der Waals surface area (Å²) in [6.45, 7) is 4.44. The van der Waals surface area contributed by atoms with Gasteiger partial charge in [0.2, 0.25) is 0 Å². The molecule has 0 atom stereocenters. The van der Waals surface area contributed by atoms with Crippen molar-refractivity contribution in [2.45, 2.75) is 43.0 Å². The van der Waals surface area contributed by atoms with E-state index in [0.717, 1.165) is 30.7 Å². The predicted octanol–water partition coefficient (Wildman–Crippen LogP) is 3.48. The standard InChI is InChI=1S/C20H26ClN3O3S2/c1-2-11-22-17-9-12-24(13-10-17)29(26,27)19-8-7-18(28-19)14-23-20(25)15-3-5-16(21)6-4-15/h3-8,17,22H,2,9-14H2,1H3,(H,23,25). The maximum absolute atomic E-state index is 12.9. The lowest BCUT2D eigenvalue weighted by molar-refractivity contribution is 0.0951. The molecular weight excluding hydrogens is 430 g/mol. The topological polar surface area (TPSA) is 78.5 Å². The summed E-state index contributed by atoms with van der Waals surface area (Å²) in [5.74, 6) is -0.221. The molecule has 1 aromatic carbocycles. The maximum Gasteiger partial charge on any atom is 0.252 e. The highest BCUT2D eigenvalue weighted by atomic mass is 35.5. The van der Waals surface area contributed by atoms with Crippen LogP contribution in [-0.4, -0.2) is 44.3 Å². The number of rotatable bonds is 8. The van der Waals surface area contributed by atoms with Crippen molar-refractivity contribution < 1.29 is 13.2 Å². The number of carbonyl (C=O) groups is 1. The van der Waals surface area contributed by atoms with Crippen molar-refractivity contribution in [2.24, 2.45) is 0 Å². The van der Waals surface area contributed by atoms with E-state index < -0.39 is 10.0 Å². The van der Waals surface area contributed by atoms with E-state index in [0.29, 0.717) is 33.9 Å². The Morgan fingerprint density at radius 1 is 1.17 bits per heavy atom. The minimum Gasteiger partial charge on any atom is -0.347 e. The average molecular weight is 456 g/mol. The molecule has 1 saturated heterocycles. The fraction of sp³-hybridized carbons (Fsp3) is 0.450. The Balaban J connectivity index is 1.56. The number of piperidine rings is 1. The molecule has 158 valence electrons. The van der Waals surface area contributed by atoms with Gasteiger partial charge in [-0.3, -0.25) is 4.79 Å². The first kappa shape index (κ1) is 22.2. The highest BCUT2D eigenvalue weighted by molar-refractivity contribution is 7.91. The molecule has 1 aliphatic rings. The summed E-state index contributed by atoms with van der Waals surface area (Å²) in [5, 5.41) is 6.85. The van der Waals surface area contributed by atoms with Crippen LogP contribution < -0.4 is 10.6 Å². The lowest BCUT2D eigenvalue weighted by atomic mass is 10.1. The second-order valence-corrected chi connectivity index (χ2v) is 10.8. The third-order valence-electron chi connectivity index (χ3n) is 4.90. The number of benzene rings is 1. The van der Waals surface area contributed by atoms with Crippen LogP contribution in [0.5, 0.6) is 0 Å². The Kier molecular flexibility index (Phi) is 7.70. The van der Waals surface area contributed by atoms with Crippen molar-refractivity contribution in [3.8, 4) is 0 Å². The monoisotopic (exact) mass is 455 g/mol. The molecule has 1 aliphatic heterocycles. The van der Waals surface area contributed by atoms with Gasteiger partial charge in [-0.15, -0.1) is 11.3 Å². The summed E-state index contributed by atoms with van der Waals surface area (Å²) in [6, 6.07) is 10.4. The van der Waals surface area contributed by atoms with E-state index in [-0.39, 0.29) is 12.5 Å². The molecule has 1 amide bonds. The van der Waals surface area contributed by atoms with Crippen molar-refractivity contribution in [1.82, 2.24) is 14.9 Å². The normalized spacial score (nSPS) is 16.1. The molecule has 0 unspecified atom stereocenters. The van der Waals surface area contributed by atoms with Crippen molar-refractivity contribution in [3.63, 3.8) is 0 Å². The minimum absolute atomic E-state index is 0.221. The zero-order valence-electron chi connectivity index (χ0n) is 16.4. The summed E-state index contributed by atoms with van der Waals surface area (Å²) in [5.41, 5.74) is 0.512. The molecule has 2 heterocycles. The quantitative estimate of drug-likeness (QED) is 0.638. The lowest BCUT2D eigenvalue weighted by Crippen LogP contribution is -2.44. The molecule has 9 heteroatoms. The zero-order valence-corrected chi connectivity index (χ0v) is 18.7. The van der Waals surface area contributed by atoms with Gasteiger partial charge in [0.05, 0.1) is 6.54 Å². The van der Waals surface area contributed by atoms with Gasteiger partial charge in [0.1, 0.15) is 4.21 Å². The number of hydrogen-bond donors (Lipinski definition) is 2. The molecule has 6 nitrogen and oxygen atoms in total. The van der Waals surface area contributed by atoms with Crippen molar-refractivity contribution in [1.29, 1.82) is 0 Å². The van der Waals surface area contributed by atoms with Crippen LogP contribution in [0.3, 0.4) is 0 Å². The molecule has 1 fully saturated rings. The fourth-order valence-electron chi connectivity index (χ4n) is 3.24. The van der Waals surface area contributed by atoms with Gasteiger partial charge in [-0.1, -0.05) is 18.5 Å². The molecule has 2 aromatic rings. The van der Waals surface area contributed by atoms with E-state index in [9.17, 15) is 13.2 Å². The first-order valence-electron chi connectivity index (χ1n) is 9.76. The van der Waals surface area contributed by atoms with Gasteiger partial charge >= 0.3 is 0 Å². The number of thiophene rings is 1. The third-order valence-corrected chi connectivity index (χ3v) is 8.60. The number of hydrogen-bond acceptors (Lipinski definition) is 5. The average Bonchev–Trinajstić information content (AvgIpc) is 3.21. The molecule has 2 N–H and O–H groups in total. The van der Waals surface area contributed by atoms with Crippen LogP contribution >= 0.6 is 22.9 Å². The molecule has 0 spiro atoms. The van der Waals surface area contributed by atoms with Crippen LogP contribution in [0, 0.1) is 0 Å². The summed E-state index contributed by atoms with van der Waals surface area (Å²) < 4.78 is 27.8. The molecule has 3 rings (SSSR count). The first-order valence-corrected chi connectivity index (χ1v) is 12.4. The summed E-state index contributed by atoms with van der Waals surface area (Å²) in [4.78, 5) is 13.0. The number of nitrogens with one attached hydrogen (secondary N) is 2. The van der Waals surface area contributed by atoms with Crippen LogP contribution in [-0.2, 0) is 16.6 Å². The zero-order chi connectivity index (χ0) is 20.9. The Morgan fingerprint density at radius 3 is 2.52 bits per heavy atom. The smallest absolute Gasteiger partial charge is 0.252 e. The van der Waals surface area contributed by atoms with Gasteiger partial charge < -0.3 is 10.6 Å². The van der Waals surface area contributed by atoms with Crippen LogP contribution in [0.1, 0.15) is 41.4 Å². The van der Waals surface area contributed by atoms with Gasteiger partial charge in [-0.25, -0.2) is 8.42 Å². The molecule has 1 aromatic heterocycles. The highest BCUT2D eigenvalue weighted by Gasteiger charge is 2.30. The van der Waals surface area contributed by atoms with Crippen molar-refractivity contribution in [2.75, 3.05) is 19.6 Å². The number of sulfonamides is 1. The molecule has 0 aliphatic carbocycles. The number of halogens is 1. The number of carbonyl (C=O) groups excluding carboxylic acids is 1. The Hall–Kier alpha value is -1.45. The van der Waals surface area contributed by atoms with E-state index in [1.165, 1.54) is 11.3 Å². The fourth-order valence-corrected chi connectivity index (χ4v) is 6.28. The SMILES string of the molecule is CCCNC1CCN(S(=O)(=O)c2ccc(CNC(=O)c3ccc(Cl)cc3)s2)CC1. The van der Waals surface area contributed by atoms with Gasteiger partial charge in [0, 0.05) is 34.6 Å². The summed E-state index contributed by atoms with van der Waals surface area (Å²) in [7, 11) is -3.48. The van der Waals surface area contributed by atoms with E-state index in [4.69, 9.17) is 11.6 Å². The van der Waals surface area contributed by atoms with E-state index in [1.807, 2.05) is 0 Å². The van der Waals surface area contributed by atoms with E-state index >= 15 is 0 Å². The largest absolute Gasteiger partial charge is 0.347 e. The maximum atomic E-state index is 12.9. The van der Waals surface area contributed by atoms with Crippen LogP contribution in [0.25, 0.3) is 0 Å². The number of nitrogens with zero attached hydrogens (tertiary/aromatic N) is 1. The van der Waals surface area contributed by atoms with Gasteiger partial charge in [-0.2, -0.15) is 4.31 Å². The Bertz CT molecular complexity index is 921. The van der Waals surface area contributed by atoms with Crippen LogP contribution in [0.2, 0.25) is 5.02 Å². The molecule has 0 radical (unpaired) electrons. The summed E-state index contributed by atoms with van der Waals surface area (Å²) in [6.07, 6.45) is 2.73. The molecule has 0 bridgehead atoms.